The van der Waals surface area contributed by atoms with Crippen LogP contribution in [0.1, 0.15) is 12.8 Å². The number of rotatable bonds is 4. The van der Waals surface area contributed by atoms with Crippen LogP contribution < -0.4 is 10.6 Å². The van der Waals surface area contributed by atoms with Crippen molar-refractivity contribution in [3.8, 4) is 0 Å². The highest BCUT2D eigenvalue weighted by molar-refractivity contribution is 5.89. The molecular weight excluding hydrogens is 267 g/mol. The van der Waals surface area contributed by atoms with Gasteiger partial charge in [0.15, 0.2) is 6.10 Å². The molecule has 0 spiro atoms. The third kappa shape index (κ3) is 3.67. The summed E-state index contributed by atoms with van der Waals surface area (Å²) in [5.74, 6) is -1.52. The molecule has 20 heavy (non-hydrogen) atoms. The van der Waals surface area contributed by atoms with E-state index in [0.717, 1.165) is 0 Å². The lowest BCUT2D eigenvalue weighted by molar-refractivity contribution is -0.149. The highest BCUT2D eigenvalue weighted by atomic mass is 19.1. The Morgan fingerprint density at radius 3 is 2.75 bits per heavy atom. The highest BCUT2D eigenvalue weighted by Crippen LogP contribution is 2.19. The number of hydrogen-bond acceptors (Lipinski definition) is 3. The van der Waals surface area contributed by atoms with Crippen LogP contribution in [0.4, 0.5) is 14.9 Å². The summed E-state index contributed by atoms with van der Waals surface area (Å²) in [6.07, 6.45) is -0.146. The number of halogens is 1. The van der Waals surface area contributed by atoms with Gasteiger partial charge in [0.2, 0.25) is 0 Å². The van der Waals surface area contributed by atoms with E-state index in [4.69, 9.17) is 9.84 Å². The third-order valence-corrected chi connectivity index (χ3v) is 3.00. The van der Waals surface area contributed by atoms with Crippen molar-refractivity contribution >= 4 is 17.7 Å². The number of aliphatic carboxylic acids is 1. The number of nitrogens with one attached hydrogen (secondary N) is 2. The monoisotopic (exact) mass is 282 g/mol. The van der Waals surface area contributed by atoms with E-state index in [9.17, 15) is 14.0 Å². The lowest BCUT2D eigenvalue weighted by atomic mass is 10.2. The number of urea groups is 1. The molecule has 0 saturated carbocycles. The van der Waals surface area contributed by atoms with E-state index >= 15 is 0 Å². The minimum Gasteiger partial charge on any atom is -0.479 e. The number of ether oxygens (including phenoxy) is 1. The minimum atomic E-state index is -0.997. The first kappa shape index (κ1) is 14.3. The molecule has 2 rings (SSSR count). The van der Waals surface area contributed by atoms with Crippen LogP contribution in [0.3, 0.4) is 0 Å². The second-order valence-corrected chi connectivity index (χ2v) is 4.48. The van der Waals surface area contributed by atoms with Crippen LogP contribution in [-0.4, -0.2) is 35.9 Å². The van der Waals surface area contributed by atoms with Crippen LogP contribution in [0.15, 0.2) is 24.3 Å². The Hall–Kier alpha value is -2.15. The maximum atomic E-state index is 13.3. The number of carboxylic acids is 1. The molecule has 1 saturated heterocycles. The van der Waals surface area contributed by atoms with Gasteiger partial charge in [-0.25, -0.2) is 14.0 Å². The SMILES string of the molecule is O=C(NCC1CCC(C(=O)O)O1)Nc1ccccc1F. The molecule has 0 aromatic heterocycles. The van der Waals surface area contributed by atoms with Gasteiger partial charge >= 0.3 is 12.0 Å². The molecule has 2 amide bonds. The van der Waals surface area contributed by atoms with Gasteiger partial charge in [-0.15, -0.1) is 0 Å². The van der Waals surface area contributed by atoms with Crippen molar-refractivity contribution in [3.63, 3.8) is 0 Å². The maximum absolute atomic E-state index is 13.3. The highest BCUT2D eigenvalue weighted by Gasteiger charge is 2.30. The predicted octanol–water partition coefficient (Wildman–Crippen LogP) is 1.58. The van der Waals surface area contributed by atoms with Crippen molar-refractivity contribution in [1.29, 1.82) is 0 Å². The lowest BCUT2D eigenvalue weighted by Crippen LogP contribution is -2.36. The summed E-state index contributed by atoms with van der Waals surface area (Å²) in [5.41, 5.74) is 0.0840. The standard InChI is InChI=1S/C13H15FN2O4/c14-9-3-1-2-4-10(9)16-13(19)15-7-8-5-6-11(20-8)12(17)18/h1-4,8,11H,5-7H2,(H,17,18)(H2,15,16,19). The first-order chi connectivity index (χ1) is 9.56. The molecule has 1 aromatic carbocycles. The van der Waals surface area contributed by atoms with E-state index < -0.39 is 23.9 Å². The fourth-order valence-electron chi connectivity index (χ4n) is 1.97. The van der Waals surface area contributed by atoms with Gasteiger partial charge in [0.1, 0.15) is 5.82 Å². The van der Waals surface area contributed by atoms with Crippen LogP contribution in [-0.2, 0) is 9.53 Å². The summed E-state index contributed by atoms with van der Waals surface area (Å²) in [5, 5.41) is 13.7. The second kappa shape index (κ2) is 6.33. The molecule has 108 valence electrons. The van der Waals surface area contributed by atoms with E-state index in [0.29, 0.717) is 12.8 Å². The third-order valence-electron chi connectivity index (χ3n) is 3.00. The molecule has 0 bridgehead atoms. The van der Waals surface area contributed by atoms with Gasteiger partial charge in [0.05, 0.1) is 11.8 Å². The first-order valence-corrected chi connectivity index (χ1v) is 6.24. The summed E-state index contributed by atoms with van der Waals surface area (Å²) in [4.78, 5) is 22.3. The van der Waals surface area contributed by atoms with Gasteiger partial charge in [-0.05, 0) is 25.0 Å². The Morgan fingerprint density at radius 1 is 1.35 bits per heavy atom. The molecule has 1 aliphatic heterocycles. The largest absolute Gasteiger partial charge is 0.479 e. The van der Waals surface area contributed by atoms with Gasteiger partial charge in [0, 0.05) is 6.54 Å². The molecule has 6 nitrogen and oxygen atoms in total. The number of para-hydroxylation sites is 1. The molecule has 0 radical (unpaired) electrons. The van der Waals surface area contributed by atoms with Crippen molar-refractivity contribution in [2.24, 2.45) is 0 Å². The molecule has 7 heteroatoms. The molecule has 3 N–H and O–H groups in total. The Kier molecular flexibility index (Phi) is 4.52. The van der Waals surface area contributed by atoms with E-state index in [2.05, 4.69) is 10.6 Å². The normalized spacial score (nSPS) is 21.4. The number of amides is 2. The summed E-state index contributed by atoms with van der Waals surface area (Å²) in [6, 6.07) is 5.26. The quantitative estimate of drug-likeness (QED) is 0.782. The molecule has 1 aliphatic rings. The second-order valence-electron chi connectivity index (χ2n) is 4.48. The number of carbonyl (C=O) groups excluding carboxylic acids is 1. The lowest BCUT2D eigenvalue weighted by Gasteiger charge is -2.13. The summed E-state index contributed by atoms with van der Waals surface area (Å²) < 4.78 is 18.5. The Bertz CT molecular complexity index is 509. The number of carbonyl (C=O) groups is 2. The van der Waals surface area contributed by atoms with Crippen molar-refractivity contribution in [2.75, 3.05) is 11.9 Å². The fourth-order valence-corrected chi connectivity index (χ4v) is 1.97. The zero-order valence-corrected chi connectivity index (χ0v) is 10.6. The van der Waals surface area contributed by atoms with Crippen LogP contribution >= 0.6 is 0 Å². The van der Waals surface area contributed by atoms with Crippen molar-refractivity contribution in [3.05, 3.63) is 30.1 Å². The predicted molar refractivity (Wildman–Crippen MR) is 69.0 cm³/mol. The molecule has 1 heterocycles. The Balaban J connectivity index is 1.76. The van der Waals surface area contributed by atoms with Crippen LogP contribution in [0.25, 0.3) is 0 Å². The molecule has 1 fully saturated rings. The summed E-state index contributed by atoms with van der Waals surface area (Å²) >= 11 is 0. The summed E-state index contributed by atoms with van der Waals surface area (Å²) in [6.45, 7) is 0.185. The number of carboxylic acid groups (broad SMARTS) is 1. The molecule has 2 atom stereocenters. The topological polar surface area (TPSA) is 87.7 Å². The van der Waals surface area contributed by atoms with E-state index in [1.54, 1.807) is 6.07 Å². The van der Waals surface area contributed by atoms with E-state index in [1.807, 2.05) is 0 Å². The van der Waals surface area contributed by atoms with Gasteiger partial charge in [-0.2, -0.15) is 0 Å². The van der Waals surface area contributed by atoms with Crippen molar-refractivity contribution < 1.29 is 23.8 Å². The molecule has 0 aliphatic carbocycles. The number of hydrogen-bond donors (Lipinski definition) is 3. The van der Waals surface area contributed by atoms with Crippen LogP contribution in [0.5, 0.6) is 0 Å². The van der Waals surface area contributed by atoms with Gasteiger partial charge in [-0.1, -0.05) is 12.1 Å². The molecule has 2 unspecified atom stereocenters. The van der Waals surface area contributed by atoms with Crippen molar-refractivity contribution in [1.82, 2.24) is 5.32 Å². The van der Waals surface area contributed by atoms with Gasteiger partial charge < -0.3 is 20.5 Å². The average molecular weight is 282 g/mol. The Labute approximate surface area is 114 Å². The van der Waals surface area contributed by atoms with Crippen LogP contribution in [0.2, 0.25) is 0 Å². The smallest absolute Gasteiger partial charge is 0.332 e. The van der Waals surface area contributed by atoms with Crippen LogP contribution in [0, 0.1) is 5.82 Å². The number of anilines is 1. The Morgan fingerprint density at radius 2 is 2.10 bits per heavy atom. The van der Waals surface area contributed by atoms with Crippen molar-refractivity contribution in [2.45, 2.75) is 25.0 Å². The fraction of sp³-hybridized carbons (Fsp3) is 0.385. The number of benzene rings is 1. The van der Waals surface area contributed by atoms with Gasteiger partial charge in [-0.3, -0.25) is 0 Å². The zero-order valence-electron chi connectivity index (χ0n) is 10.6. The average Bonchev–Trinajstić information content (AvgIpc) is 2.88. The maximum Gasteiger partial charge on any atom is 0.332 e. The summed E-state index contributed by atoms with van der Waals surface area (Å²) in [7, 11) is 0. The minimum absolute atomic E-state index is 0.0840. The zero-order chi connectivity index (χ0) is 14.5. The first-order valence-electron chi connectivity index (χ1n) is 6.24. The molecule has 1 aromatic rings. The van der Waals surface area contributed by atoms with E-state index in [-0.39, 0.29) is 18.3 Å². The molecular formula is C13H15FN2O4. The van der Waals surface area contributed by atoms with E-state index in [1.165, 1.54) is 18.2 Å². The van der Waals surface area contributed by atoms with Gasteiger partial charge in [0.25, 0.3) is 0 Å².